The third-order valence-corrected chi connectivity index (χ3v) is 6.64. The standard InChI is InChI=1S/C24H27NO4S/c1-17-10-12-20(13-11-17)30(26,27)25-16-22(19-8-6-5-7-9-19)21-14-15-23(28-3)18(2)24(21)29-4/h5-15,22,25H,16H2,1-4H3. The highest BCUT2D eigenvalue weighted by Gasteiger charge is 2.24. The van der Waals surface area contributed by atoms with E-state index in [4.69, 9.17) is 9.47 Å². The van der Waals surface area contributed by atoms with Crippen LogP contribution in [0.25, 0.3) is 0 Å². The second kappa shape index (κ2) is 9.32. The Labute approximate surface area is 178 Å². The normalized spacial score (nSPS) is 12.4. The lowest BCUT2D eigenvalue weighted by Crippen LogP contribution is -2.29. The predicted octanol–water partition coefficient (Wildman–Crippen LogP) is 4.43. The van der Waals surface area contributed by atoms with Gasteiger partial charge in [-0.2, -0.15) is 0 Å². The maximum atomic E-state index is 12.9. The number of sulfonamides is 1. The lowest BCUT2D eigenvalue weighted by molar-refractivity contribution is 0.384. The number of hydrogen-bond acceptors (Lipinski definition) is 4. The minimum Gasteiger partial charge on any atom is -0.496 e. The zero-order chi connectivity index (χ0) is 21.7. The van der Waals surface area contributed by atoms with Gasteiger partial charge < -0.3 is 9.47 Å². The zero-order valence-corrected chi connectivity index (χ0v) is 18.5. The second-order valence-electron chi connectivity index (χ2n) is 7.14. The molecule has 0 aliphatic rings. The molecule has 3 aromatic carbocycles. The van der Waals surface area contributed by atoms with Crippen molar-refractivity contribution in [3.63, 3.8) is 0 Å². The van der Waals surface area contributed by atoms with E-state index in [0.717, 1.165) is 28.0 Å². The van der Waals surface area contributed by atoms with Crippen molar-refractivity contribution < 1.29 is 17.9 Å². The Morgan fingerprint density at radius 1 is 0.867 bits per heavy atom. The third kappa shape index (κ3) is 4.66. The first-order valence-electron chi connectivity index (χ1n) is 9.70. The molecule has 0 heterocycles. The van der Waals surface area contributed by atoms with Crippen molar-refractivity contribution in [2.24, 2.45) is 0 Å². The molecule has 158 valence electrons. The Morgan fingerprint density at radius 2 is 1.53 bits per heavy atom. The highest BCUT2D eigenvalue weighted by atomic mass is 32.2. The van der Waals surface area contributed by atoms with Crippen LogP contribution in [0.1, 0.15) is 28.2 Å². The van der Waals surface area contributed by atoms with Crippen LogP contribution in [0.4, 0.5) is 0 Å². The first-order chi connectivity index (χ1) is 14.4. The largest absolute Gasteiger partial charge is 0.496 e. The van der Waals surface area contributed by atoms with E-state index in [-0.39, 0.29) is 17.4 Å². The lowest BCUT2D eigenvalue weighted by atomic mass is 9.89. The fourth-order valence-corrected chi connectivity index (χ4v) is 4.59. The number of benzene rings is 3. The summed E-state index contributed by atoms with van der Waals surface area (Å²) in [6.07, 6.45) is 0. The summed E-state index contributed by atoms with van der Waals surface area (Å²) in [5, 5.41) is 0. The quantitative estimate of drug-likeness (QED) is 0.580. The molecule has 0 aliphatic heterocycles. The average molecular weight is 426 g/mol. The van der Waals surface area contributed by atoms with Gasteiger partial charge in [0.1, 0.15) is 11.5 Å². The van der Waals surface area contributed by atoms with Crippen LogP contribution < -0.4 is 14.2 Å². The van der Waals surface area contributed by atoms with Gasteiger partial charge in [-0.1, -0.05) is 54.1 Å². The molecule has 0 amide bonds. The number of rotatable bonds is 8. The smallest absolute Gasteiger partial charge is 0.240 e. The van der Waals surface area contributed by atoms with Crippen LogP contribution in [0, 0.1) is 13.8 Å². The third-order valence-electron chi connectivity index (χ3n) is 5.20. The second-order valence-corrected chi connectivity index (χ2v) is 8.91. The minimum absolute atomic E-state index is 0.197. The fraction of sp³-hybridized carbons (Fsp3) is 0.250. The number of hydrogen-bond donors (Lipinski definition) is 1. The lowest BCUT2D eigenvalue weighted by Gasteiger charge is -2.23. The van der Waals surface area contributed by atoms with Gasteiger partial charge in [0.05, 0.1) is 19.1 Å². The van der Waals surface area contributed by atoms with E-state index in [9.17, 15) is 8.42 Å². The molecule has 3 aromatic rings. The first kappa shape index (κ1) is 21.9. The van der Waals surface area contributed by atoms with Crippen LogP contribution >= 0.6 is 0 Å². The van der Waals surface area contributed by atoms with Crippen molar-refractivity contribution in [1.29, 1.82) is 0 Å². The van der Waals surface area contributed by atoms with Crippen LogP contribution in [0.2, 0.25) is 0 Å². The van der Waals surface area contributed by atoms with Gasteiger partial charge in [0, 0.05) is 23.6 Å². The van der Waals surface area contributed by atoms with Gasteiger partial charge in [-0.15, -0.1) is 0 Å². The topological polar surface area (TPSA) is 64.6 Å². The van der Waals surface area contributed by atoms with Crippen molar-refractivity contribution in [3.05, 3.63) is 89.0 Å². The summed E-state index contributed by atoms with van der Waals surface area (Å²) in [7, 11) is -0.414. The summed E-state index contributed by atoms with van der Waals surface area (Å²) >= 11 is 0. The molecule has 5 nitrogen and oxygen atoms in total. The maximum Gasteiger partial charge on any atom is 0.240 e. The molecular formula is C24H27NO4S. The van der Waals surface area contributed by atoms with Gasteiger partial charge in [0.15, 0.2) is 0 Å². The van der Waals surface area contributed by atoms with E-state index in [2.05, 4.69) is 4.72 Å². The number of methoxy groups -OCH3 is 2. The van der Waals surface area contributed by atoms with E-state index in [0.29, 0.717) is 5.75 Å². The summed E-state index contributed by atoms with van der Waals surface area (Å²) in [5.41, 5.74) is 3.77. The molecule has 1 unspecified atom stereocenters. The van der Waals surface area contributed by atoms with Gasteiger partial charge in [0.2, 0.25) is 10.0 Å². The molecule has 0 fully saturated rings. The van der Waals surface area contributed by atoms with Crippen LogP contribution in [0.5, 0.6) is 11.5 Å². The van der Waals surface area contributed by atoms with Crippen molar-refractivity contribution in [2.75, 3.05) is 20.8 Å². The summed E-state index contributed by atoms with van der Waals surface area (Å²) < 4.78 is 39.6. The SMILES string of the molecule is COc1ccc(C(CNS(=O)(=O)c2ccc(C)cc2)c2ccccc2)c(OC)c1C. The van der Waals surface area contributed by atoms with Gasteiger partial charge in [-0.3, -0.25) is 0 Å². The van der Waals surface area contributed by atoms with Crippen molar-refractivity contribution in [2.45, 2.75) is 24.7 Å². The first-order valence-corrected chi connectivity index (χ1v) is 11.2. The van der Waals surface area contributed by atoms with Crippen molar-refractivity contribution in [3.8, 4) is 11.5 Å². The predicted molar refractivity (Wildman–Crippen MR) is 119 cm³/mol. The van der Waals surface area contributed by atoms with Crippen LogP contribution in [-0.2, 0) is 10.0 Å². The summed E-state index contributed by atoms with van der Waals surface area (Å²) in [6, 6.07) is 20.4. The molecule has 0 spiro atoms. The summed E-state index contributed by atoms with van der Waals surface area (Å²) in [6.45, 7) is 4.05. The van der Waals surface area contributed by atoms with E-state index in [1.54, 1.807) is 38.5 Å². The van der Waals surface area contributed by atoms with Crippen molar-refractivity contribution >= 4 is 10.0 Å². The molecule has 0 saturated carbocycles. The molecular weight excluding hydrogens is 398 g/mol. The Bertz CT molecular complexity index is 1090. The Morgan fingerprint density at radius 3 is 2.13 bits per heavy atom. The molecule has 0 radical (unpaired) electrons. The maximum absolute atomic E-state index is 12.9. The molecule has 0 bridgehead atoms. The molecule has 6 heteroatoms. The Balaban J connectivity index is 1.99. The number of nitrogens with one attached hydrogen (secondary N) is 1. The van der Waals surface area contributed by atoms with Gasteiger partial charge in [0.25, 0.3) is 0 Å². The van der Waals surface area contributed by atoms with E-state index < -0.39 is 10.0 Å². The van der Waals surface area contributed by atoms with Gasteiger partial charge in [-0.25, -0.2) is 13.1 Å². The summed E-state index contributed by atoms with van der Waals surface area (Å²) in [4.78, 5) is 0.248. The molecule has 0 aliphatic carbocycles. The number of ether oxygens (including phenoxy) is 2. The van der Waals surface area contributed by atoms with E-state index >= 15 is 0 Å². The molecule has 3 rings (SSSR count). The number of aryl methyl sites for hydroxylation is 1. The van der Waals surface area contributed by atoms with Gasteiger partial charge >= 0.3 is 0 Å². The van der Waals surface area contributed by atoms with Crippen LogP contribution in [-0.4, -0.2) is 29.2 Å². The van der Waals surface area contributed by atoms with Crippen LogP contribution in [0.3, 0.4) is 0 Å². The van der Waals surface area contributed by atoms with E-state index in [1.165, 1.54) is 0 Å². The van der Waals surface area contributed by atoms with E-state index in [1.807, 2.05) is 56.3 Å². The fourth-order valence-electron chi connectivity index (χ4n) is 3.55. The highest BCUT2D eigenvalue weighted by Crippen LogP contribution is 2.38. The molecule has 30 heavy (non-hydrogen) atoms. The highest BCUT2D eigenvalue weighted by molar-refractivity contribution is 7.89. The Kier molecular flexibility index (Phi) is 6.80. The minimum atomic E-state index is -3.65. The van der Waals surface area contributed by atoms with Crippen molar-refractivity contribution in [1.82, 2.24) is 4.72 Å². The van der Waals surface area contributed by atoms with Crippen LogP contribution in [0.15, 0.2) is 71.6 Å². The molecule has 1 N–H and O–H groups in total. The average Bonchev–Trinajstić information content (AvgIpc) is 2.75. The summed E-state index contributed by atoms with van der Waals surface area (Å²) in [5.74, 6) is 1.19. The van der Waals surface area contributed by atoms with Gasteiger partial charge in [-0.05, 0) is 37.6 Å². The zero-order valence-electron chi connectivity index (χ0n) is 17.7. The molecule has 0 saturated heterocycles. The monoisotopic (exact) mass is 425 g/mol. The molecule has 0 aromatic heterocycles. The molecule has 1 atom stereocenters. The Hall–Kier alpha value is -2.83.